The summed E-state index contributed by atoms with van der Waals surface area (Å²) in [6.07, 6.45) is -1.16. The topological polar surface area (TPSA) is 98.2 Å². The van der Waals surface area contributed by atoms with E-state index < -0.39 is 33.7 Å². The first kappa shape index (κ1) is 25.7. The van der Waals surface area contributed by atoms with Gasteiger partial charge in [-0.2, -0.15) is 0 Å². The van der Waals surface area contributed by atoms with Crippen LogP contribution >= 0.6 is 0 Å². The minimum absolute atomic E-state index is 0.0673. The molecule has 38 heavy (non-hydrogen) atoms. The molecule has 4 aromatic rings. The summed E-state index contributed by atoms with van der Waals surface area (Å²) >= 11 is 0. The highest BCUT2D eigenvalue weighted by molar-refractivity contribution is 7.90. The Morgan fingerprint density at radius 1 is 1.11 bits per heavy atom. The van der Waals surface area contributed by atoms with E-state index in [9.17, 15) is 22.0 Å². The molecule has 0 aliphatic heterocycles. The highest BCUT2D eigenvalue weighted by Crippen LogP contribution is 2.62. The Kier molecular flexibility index (Phi) is 6.38. The van der Waals surface area contributed by atoms with Crippen LogP contribution in [-0.4, -0.2) is 31.4 Å². The Bertz CT molecular complexity index is 1660. The van der Waals surface area contributed by atoms with Crippen LogP contribution in [0, 0.1) is 13.8 Å². The van der Waals surface area contributed by atoms with Gasteiger partial charge in [0.1, 0.15) is 11.4 Å². The van der Waals surface area contributed by atoms with Crippen LogP contribution in [0.5, 0.6) is 5.75 Å². The molecular formula is C28H25F2N3O4S. The molecule has 2 heterocycles. The lowest BCUT2D eigenvalue weighted by molar-refractivity contribution is -0.122. The van der Waals surface area contributed by atoms with E-state index in [0.717, 1.165) is 11.3 Å². The number of pyridine rings is 2. The number of nitrogens with zero attached hydrogens (tertiary/aromatic N) is 2. The molecule has 1 saturated carbocycles. The zero-order chi connectivity index (χ0) is 27.2. The largest absolute Gasteiger partial charge is 0.496 e. The van der Waals surface area contributed by atoms with E-state index in [1.54, 1.807) is 43.3 Å². The smallest absolute Gasteiger partial charge is 0.280 e. The minimum atomic E-state index is -4.30. The molecule has 0 saturated heterocycles. The average Bonchev–Trinajstić information content (AvgIpc) is 3.65. The molecule has 1 aliphatic carbocycles. The quantitative estimate of drug-likeness (QED) is 0.351. The highest BCUT2D eigenvalue weighted by Gasteiger charge is 2.63. The number of aryl methyl sites for hydroxylation is 2. The zero-order valence-corrected chi connectivity index (χ0v) is 21.7. The molecule has 1 N–H and O–H groups in total. The third-order valence-corrected chi connectivity index (χ3v) is 8.37. The van der Waals surface area contributed by atoms with Gasteiger partial charge in [-0.1, -0.05) is 29.8 Å². The number of rotatable bonds is 7. The van der Waals surface area contributed by atoms with Crippen molar-refractivity contribution in [2.45, 2.75) is 42.9 Å². The third-order valence-electron chi connectivity index (χ3n) is 6.98. The van der Waals surface area contributed by atoms with Crippen molar-refractivity contribution in [3.63, 3.8) is 0 Å². The summed E-state index contributed by atoms with van der Waals surface area (Å²) in [7, 11) is -2.83. The molecule has 1 aliphatic rings. The number of benzene rings is 2. The number of methoxy groups -OCH3 is 1. The van der Waals surface area contributed by atoms with Crippen molar-refractivity contribution in [3.8, 4) is 5.75 Å². The van der Waals surface area contributed by atoms with Crippen molar-refractivity contribution in [2.24, 2.45) is 0 Å². The van der Waals surface area contributed by atoms with Crippen molar-refractivity contribution in [2.75, 3.05) is 7.11 Å². The molecule has 0 bridgehead atoms. The van der Waals surface area contributed by atoms with Crippen LogP contribution in [0.2, 0.25) is 0 Å². The molecule has 2 aromatic heterocycles. The first-order valence-corrected chi connectivity index (χ1v) is 13.4. The van der Waals surface area contributed by atoms with E-state index in [-0.39, 0.29) is 17.0 Å². The average molecular weight is 538 g/mol. The van der Waals surface area contributed by atoms with Crippen LogP contribution in [0.25, 0.3) is 10.9 Å². The Hall–Kier alpha value is -3.92. The van der Waals surface area contributed by atoms with Crippen molar-refractivity contribution in [1.29, 1.82) is 0 Å². The number of sulfonamides is 1. The molecule has 2 atom stereocenters. The molecule has 196 valence electrons. The summed E-state index contributed by atoms with van der Waals surface area (Å²) in [5, 5.41) is 0.389. The Balaban J connectivity index is 1.58. The van der Waals surface area contributed by atoms with Gasteiger partial charge in [0, 0.05) is 28.8 Å². The number of carbonyl (C=O) groups is 1. The van der Waals surface area contributed by atoms with Gasteiger partial charge in [0.15, 0.2) is 0 Å². The number of amides is 1. The summed E-state index contributed by atoms with van der Waals surface area (Å²) in [5.74, 6) is -0.807. The number of alkyl halides is 2. The molecule has 0 radical (unpaired) electrons. The maximum Gasteiger partial charge on any atom is 0.280 e. The zero-order valence-electron chi connectivity index (χ0n) is 20.9. The summed E-state index contributed by atoms with van der Waals surface area (Å²) in [5.41, 5.74) is 1.46. The number of carbonyl (C=O) groups excluding carboxylic acids is 1. The maximum atomic E-state index is 13.9. The van der Waals surface area contributed by atoms with Crippen molar-refractivity contribution < 1.29 is 26.7 Å². The standard InChI is InChI=1S/C28H25F2N3O4S/c1-16-7-12-24(37-3)20(13-16)28(14-21(28)18-9-11-23(26(29)30)31-15-18)27(34)33-38(35,36)25-6-4-5-22-19(25)10-8-17(2)32-22/h4-13,15,21,26H,14H2,1-3H3,(H,33,34)/t21-,28-/m1/s1. The lowest BCUT2D eigenvalue weighted by Gasteiger charge is -2.21. The Morgan fingerprint density at radius 2 is 1.89 bits per heavy atom. The number of aromatic nitrogens is 2. The second-order valence-corrected chi connectivity index (χ2v) is 11.1. The SMILES string of the molecule is COc1ccc(C)cc1[C@]1(C(=O)NS(=O)(=O)c2cccc3nc(C)ccc23)C[C@@H]1c1ccc(C(F)F)nc1. The molecular weight excluding hydrogens is 512 g/mol. The summed E-state index contributed by atoms with van der Waals surface area (Å²) < 4.78 is 61.1. The van der Waals surface area contributed by atoms with Gasteiger partial charge in [-0.25, -0.2) is 21.9 Å². The summed E-state index contributed by atoms with van der Waals surface area (Å²) in [6.45, 7) is 3.66. The van der Waals surface area contributed by atoms with Gasteiger partial charge in [-0.15, -0.1) is 0 Å². The number of ether oxygens (including phenoxy) is 1. The summed E-state index contributed by atoms with van der Waals surface area (Å²) in [4.78, 5) is 22.1. The van der Waals surface area contributed by atoms with Crippen LogP contribution in [0.15, 0.2) is 71.8 Å². The van der Waals surface area contributed by atoms with Crippen LogP contribution in [-0.2, 0) is 20.2 Å². The predicted octanol–water partition coefficient (Wildman–Crippen LogP) is 5.12. The Labute approximate surface area is 218 Å². The normalized spacial score (nSPS) is 18.9. The van der Waals surface area contributed by atoms with E-state index in [0.29, 0.717) is 27.8 Å². The second-order valence-electron chi connectivity index (χ2n) is 9.46. The molecule has 2 aromatic carbocycles. The lowest BCUT2D eigenvalue weighted by Crippen LogP contribution is -2.40. The van der Waals surface area contributed by atoms with Gasteiger partial charge in [-0.05, 0) is 62.2 Å². The summed E-state index contributed by atoms with van der Waals surface area (Å²) in [6, 6.07) is 16.1. The molecule has 1 amide bonds. The van der Waals surface area contributed by atoms with Crippen LogP contribution in [0.1, 0.15) is 46.8 Å². The van der Waals surface area contributed by atoms with Gasteiger partial charge in [0.05, 0.1) is 22.9 Å². The monoisotopic (exact) mass is 537 g/mol. The fraction of sp³-hybridized carbons (Fsp3) is 0.250. The molecule has 10 heteroatoms. The van der Waals surface area contributed by atoms with Crippen molar-refractivity contribution in [3.05, 3.63) is 94.9 Å². The van der Waals surface area contributed by atoms with Gasteiger partial charge >= 0.3 is 0 Å². The highest BCUT2D eigenvalue weighted by atomic mass is 32.2. The Morgan fingerprint density at radius 3 is 2.58 bits per heavy atom. The fourth-order valence-electron chi connectivity index (χ4n) is 4.99. The molecule has 1 fully saturated rings. The second kappa shape index (κ2) is 9.43. The van der Waals surface area contributed by atoms with Gasteiger partial charge in [0.2, 0.25) is 5.91 Å². The van der Waals surface area contributed by atoms with E-state index in [2.05, 4.69) is 14.7 Å². The van der Waals surface area contributed by atoms with Crippen LogP contribution in [0.4, 0.5) is 8.78 Å². The lowest BCUT2D eigenvalue weighted by atomic mass is 9.88. The van der Waals surface area contributed by atoms with E-state index in [1.807, 2.05) is 13.0 Å². The minimum Gasteiger partial charge on any atom is -0.496 e. The van der Waals surface area contributed by atoms with Crippen LogP contribution in [0.3, 0.4) is 0 Å². The van der Waals surface area contributed by atoms with Crippen molar-refractivity contribution in [1.82, 2.24) is 14.7 Å². The number of halogens is 2. The molecule has 7 nitrogen and oxygen atoms in total. The van der Waals surface area contributed by atoms with E-state index >= 15 is 0 Å². The predicted molar refractivity (Wildman–Crippen MR) is 138 cm³/mol. The van der Waals surface area contributed by atoms with E-state index in [1.165, 1.54) is 31.5 Å². The van der Waals surface area contributed by atoms with E-state index in [4.69, 9.17) is 4.74 Å². The number of nitrogens with one attached hydrogen (secondary N) is 1. The molecule has 5 rings (SSSR count). The number of hydrogen-bond acceptors (Lipinski definition) is 6. The van der Waals surface area contributed by atoms with Gasteiger partial charge in [0.25, 0.3) is 16.4 Å². The fourth-order valence-corrected chi connectivity index (χ4v) is 6.25. The first-order chi connectivity index (χ1) is 18.1. The molecule has 0 spiro atoms. The van der Waals surface area contributed by atoms with Crippen LogP contribution < -0.4 is 9.46 Å². The number of fused-ring (bicyclic) bond motifs is 1. The first-order valence-electron chi connectivity index (χ1n) is 11.9. The van der Waals surface area contributed by atoms with Gasteiger partial charge < -0.3 is 4.74 Å². The van der Waals surface area contributed by atoms with Gasteiger partial charge in [-0.3, -0.25) is 14.8 Å². The third kappa shape index (κ3) is 4.38. The molecule has 0 unspecified atom stereocenters. The number of hydrogen-bond donors (Lipinski definition) is 1. The maximum absolute atomic E-state index is 13.9. The van der Waals surface area contributed by atoms with Crippen molar-refractivity contribution >= 4 is 26.8 Å².